The van der Waals surface area contributed by atoms with E-state index in [1.165, 1.54) is 6.42 Å². The fraction of sp³-hybridized carbons (Fsp3) is 0.875. The zero-order chi connectivity index (χ0) is 15.1. The van der Waals surface area contributed by atoms with E-state index in [-0.39, 0.29) is 29.4 Å². The van der Waals surface area contributed by atoms with Crippen LogP contribution in [0, 0.1) is 10.8 Å². The molecule has 1 saturated heterocycles. The Hall–Kier alpha value is -1.10. The first-order valence-corrected chi connectivity index (χ1v) is 8.24. The van der Waals surface area contributed by atoms with Crippen LogP contribution in [-0.4, -0.2) is 37.1 Å². The summed E-state index contributed by atoms with van der Waals surface area (Å²) in [6.45, 7) is 5.20. The van der Waals surface area contributed by atoms with E-state index in [0.29, 0.717) is 13.0 Å². The van der Waals surface area contributed by atoms with Crippen molar-refractivity contribution in [2.75, 3.05) is 13.2 Å². The molecule has 3 aliphatic rings. The van der Waals surface area contributed by atoms with Gasteiger partial charge in [-0.15, -0.1) is 0 Å². The summed E-state index contributed by atoms with van der Waals surface area (Å²) >= 11 is 0. The van der Waals surface area contributed by atoms with E-state index in [4.69, 9.17) is 4.74 Å². The number of carbonyl (C=O) groups is 2. The summed E-state index contributed by atoms with van der Waals surface area (Å²) in [5.74, 6) is -0.236. The van der Waals surface area contributed by atoms with Crippen molar-refractivity contribution in [3.63, 3.8) is 0 Å². The monoisotopic (exact) mass is 294 g/mol. The Morgan fingerprint density at radius 2 is 2.14 bits per heavy atom. The Labute approximate surface area is 126 Å². The fourth-order valence-electron chi connectivity index (χ4n) is 4.13. The van der Waals surface area contributed by atoms with Crippen LogP contribution >= 0.6 is 0 Å². The number of rotatable bonds is 4. The summed E-state index contributed by atoms with van der Waals surface area (Å²) < 4.78 is 5.81. The maximum atomic E-state index is 12.6. The molecule has 5 nitrogen and oxygen atoms in total. The van der Waals surface area contributed by atoms with E-state index < -0.39 is 5.41 Å². The molecular weight excluding hydrogens is 268 g/mol. The first-order valence-electron chi connectivity index (χ1n) is 8.24. The summed E-state index contributed by atoms with van der Waals surface area (Å²) in [5, 5.41) is 5.97. The van der Waals surface area contributed by atoms with Crippen LogP contribution in [0.15, 0.2) is 0 Å². The summed E-state index contributed by atoms with van der Waals surface area (Å²) in [5.41, 5.74) is -0.757. The minimum absolute atomic E-state index is 0.106. The van der Waals surface area contributed by atoms with Crippen molar-refractivity contribution in [3.05, 3.63) is 0 Å². The number of hydrogen-bond acceptors (Lipinski definition) is 3. The number of ether oxygens (including phenoxy) is 1. The smallest absolute Gasteiger partial charge is 0.235 e. The van der Waals surface area contributed by atoms with Gasteiger partial charge in [-0.3, -0.25) is 9.59 Å². The van der Waals surface area contributed by atoms with E-state index in [0.717, 1.165) is 32.3 Å². The molecule has 2 amide bonds. The first kappa shape index (κ1) is 14.8. The average Bonchev–Trinajstić information content (AvgIpc) is 2.38. The molecule has 5 heteroatoms. The maximum absolute atomic E-state index is 12.6. The third-order valence-corrected chi connectivity index (χ3v) is 5.88. The Kier molecular flexibility index (Phi) is 3.72. The molecule has 2 aliphatic carbocycles. The number of piperidine rings is 1. The summed E-state index contributed by atoms with van der Waals surface area (Å²) in [6.07, 6.45) is 6.16. The van der Waals surface area contributed by atoms with E-state index in [1.807, 2.05) is 6.92 Å². The van der Waals surface area contributed by atoms with Crippen molar-refractivity contribution < 1.29 is 14.3 Å². The molecule has 118 valence electrons. The minimum atomic E-state index is -0.903. The van der Waals surface area contributed by atoms with Gasteiger partial charge in [-0.1, -0.05) is 6.42 Å². The molecule has 0 radical (unpaired) electrons. The van der Waals surface area contributed by atoms with Crippen LogP contribution in [0.5, 0.6) is 0 Å². The predicted octanol–water partition coefficient (Wildman–Crippen LogP) is 1.37. The number of carbonyl (C=O) groups excluding carboxylic acids is 2. The summed E-state index contributed by atoms with van der Waals surface area (Å²) in [6, 6.07) is 0.182. The fourth-order valence-corrected chi connectivity index (χ4v) is 4.13. The van der Waals surface area contributed by atoms with Crippen LogP contribution in [0.4, 0.5) is 0 Å². The molecule has 0 aromatic carbocycles. The molecule has 0 aromatic heterocycles. The first-order chi connectivity index (χ1) is 10.0. The summed E-state index contributed by atoms with van der Waals surface area (Å²) in [7, 11) is 0. The molecule has 0 bridgehead atoms. The Morgan fingerprint density at radius 3 is 2.71 bits per heavy atom. The van der Waals surface area contributed by atoms with Gasteiger partial charge in [-0.05, 0) is 46.0 Å². The normalized spacial score (nSPS) is 37.3. The Morgan fingerprint density at radius 1 is 1.38 bits per heavy atom. The van der Waals surface area contributed by atoms with Crippen LogP contribution < -0.4 is 10.6 Å². The lowest BCUT2D eigenvalue weighted by atomic mass is 9.51. The molecule has 2 N–H and O–H groups in total. The standard InChI is InChI=1S/C16H26N2O3/c1-3-21-12-10-11(16(12)7-4-8-16)18-14(20)15(2)6-5-9-17-13(15)19/h11-12H,3-10H2,1-2H3,(H,17,19)(H,18,20)/t11-,12-,15-/m1/s1. The van der Waals surface area contributed by atoms with E-state index >= 15 is 0 Å². The van der Waals surface area contributed by atoms with Gasteiger partial charge in [0.25, 0.3) is 0 Å². The maximum Gasteiger partial charge on any atom is 0.235 e. The lowest BCUT2D eigenvalue weighted by molar-refractivity contribution is -0.178. The van der Waals surface area contributed by atoms with Crippen molar-refractivity contribution in [2.45, 2.75) is 64.5 Å². The van der Waals surface area contributed by atoms with Crippen LogP contribution in [0.3, 0.4) is 0 Å². The van der Waals surface area contributed by atoms with Gasteiger partial charge in [0.05, 0.1) is 6.10 Å². The average molecular weight is 294 g/mol. The van der Waals surface area contributed by atoms with Gasteiger partial charge in [0.2, 0.25) is 11.8 Å². The molecule has 0 unspecified atom stereocenters. The lowest BCUT2D eigenvalue weighted by Crippen LogP contribution is -2.69. The number of amides is 2. The molecule has 3 fully saturated rings. The third-order valence-electron chi connectivity index (χ3n) is 5.88. The molecular formula is C16H26N2O3. The molecule has 3 rings (SSSR count). The Bertz CT molecular complexity index is 447. The Balaban J connectivity index is 1.64. The largest absolute Gasteiger partial charge is 0.378 e. The highest BCUT2D eigenvalue weighted by Crippen LogP contribution is 2.57. The number of hydrogen-bond donors (Lipinski definition) is 2. The topological polar surface area (TPSA) is 67.4 Å². The highest BCUT2D eigenvalue weighted by molar-refractivity contribution is 6.05. The molecule has 3 atom stereocenters. The van der Waals surface area contributed by atoms with Crippen molar-refractivity contribution in [2.24, 2.45) is 10.8 Å². The van der Waals surface area contributed by atoms with E-state index in [2.05, 4.69) is 10.6 Å². The summed E-state index contributed by atoms with van der Waals surface area (Å²) in [4.78, 5) is 24.7. The second kappa shape index (κ2) is 5.27. The van der Waals surface area contributed by atoms with Gasteiger partial charge >= 0.3 is 0 Å². The van der Waals surface area contributed by atoms with Gasteiger partial charge in [0.15, 0.2) is 0 Å². The van der Waals surface area contributed by atoms with Crippen LogP contribution in [-0.2, 0) is 14.3 Å². The zero-order valence-corrected chi connectivity index (χ0v) is 13.0. The second-order valence-electron chi connectivity index (χ2n) is 6.98. The minimum Gasteiger partial charge on any atom is -0.378 e. The van der Waals surface area contributed by atoms with Crippen molar-refractivity contribution in [1.29, 1.82) is 0 Å². The second-order valence-corrected chi connectivity index (χ2v) is 6.98. The van der Waals surface area contributed by atoms with Crippen molar-refractivity contribution >= 4 is 11.8 Å². The van der Waals surface area contributed by atoms with Crippen LogP contribution in [0.1, 0.15) is 52.4 Å². The molecule has 0 aromatic rings. The van der Waals surface area contributed by atoms with Gasteiger partial charge in [0.1, 0.15) is 5.41 Å². The molecule has 21 heavy (non-hydrogen) atoms. The third kappa shape index (κ3) is 2.17. The van der Waals surface area contributed by atoms with Crippen molar-refractivity contribution in [1.82, 2.24) is 10.6 Å². The van der Waals surface area contributed by atoms with E-state index in [1.54, 1.807) is 6.92 Å². The molecule has 1 spiro atoms. The van der Waals surface area contributed by atoms with Gasteiger partial charge < -0.3 is 15.4 Å². The highest BCUT2D eigenvalue weighted by atomic mass is 16.5. The van der Waals surface area contributed by atoms with E-state index in [9.17, 15) is 9.59 Å². The molecule has 1 aliphatic heterocycles. The SMILES string of the molecule is CCO[C@@H]1C[C@@H](NC(=O)[C@]2(C)CCCNC2=O)C12CCC2. The van der Waals surface area contributed by atoms with Crippen molar-refractivity contribution in [3.8, 4) is 0 Å². The van der Waals surface area contributed by atoms with Gasteiger partial charge in [-0.25, -0.2) is 0 Å². The molecule has 1 heterocycles. The zero-order valence-electron chi connectivity index (χ0n) is 13.0. The predicted molar refractivity (Wildman–Crippen MR) is 78.6 cm³/mol. The molecule has 2 saturated carbocycles. The lowest BCUT2D eigenvalue weighted by Gasteiger charge is -2.61. The quantitative estimate of drug-likeness (QED) is 0.770. The number of nitrogens with one attached hydrogen (secondary N) is 2. The van der Waals surface area contributed by atoms with Crippen LogP contribution in [0.25, 0.3) is 0 Å². The van der Waals surface area contributed by atoms with Gasteiger partial charge in [0, 0.05) is 24.6 Å². The van der Waals surface area contributed by atoms with Gasteiger partial charge in [-0.2, -0.15) is 0 Å². The highest BCUT2D eigenvalue weighted by Gasteiger charge is 2.60. The van der Waals surface area contributed by atoms with Crippen LogP contribution in [0.2, 0.25) is 0 Å².